The van der Waals surface area contributed by atoms with E-state index in [1.54, 1.807) is 11.4 Å². The summed E-state index contributed by atoms with van der Waals surface area (Å²) >= 11 is 1.15. The van der Waals surface area contributed by atoms with Crippen molar-refractivity contribution in [2.45, 2.75) is 17.1 Å². The van der Waals surface area contributed by atoms with Crippen LogP contribution < -0.4 is 0 Å². The average Bonchev–Trinajstić information content (AvgIpc) is 2.54. The molecule has 0 fully saturated rings. The van der Waals surface area contributed by atoms with Crippen molar-refractivity contribution in [2.24, 2.45) is 0 Å². The van der Waals surface area contributed by atoms with Crippen LogP contribution in [0.3, 0.4) is 0 Å². The van der Waals surface area contributed by atoms with Crippen LogP contribution in [-0.4, -0.2) is 25.2 Å². The Kier molecular flexibility index (Phi) is 3.65. The van der Waals surface area contributed by atoms with E-state index in [0.29, 0.717) is 4.21 Å². The van der Waals surface area contributed by atoms with Crippen LogP contribution in [0.25, 0.3) is 0 Å². The second kappa shape index (κ2) is 4.56. The minimum Gasteiger partial charge on any atom is -0.481 e. The van der Waals surface area contributed by atoms with Gasteiger partial charge in [0, 0.05) is 6.42 Å². The largest absolute Gasteiger partial charge is 0.481 e. The Morgan fingerprint density at radius 3 is 2.71 bits per heavy atom. The molecule has 0 saturated carbocycles. The summed E-state index contributed by atoms with van der Waals surface area (Å²) in [4.78, 5) is 10.2. The van der Waals surface area contributed by atoms with Gasteiger partial charge in [0.15, 0.2) is 9.84 Å². The number of rotatable bonds is 5. The van der Waals surface area contributed by atoms with Crippen LogP contribution in [-0.2, 0) is 14.6 Å². The summed E-state index contributed by atoms with van der Waals surface area (Å²) < 4.78 is 23.3. The fraction of sp³-hybridized carbons (Fsp3) is 0.375. The predicted molar refractivity (Wildman–Crippen MR) is 53.2 cm³/mol. The first-order chi connectivity index (χ1) is 6.52. The zero-order valence-electron chi connectivity index (χ0n) is 7.34. The third-order valence-corrected chi connectivity index (χ3v) is 4.89. The fourth-order valence-electron chi connectivity index (χ4n) is 0.954. The topological polar surface area (TPSA) is 71.4 Å². The van der Waals surface area contributed by atoms with E-state index in [2.05, 4.69) is 0 Å². The molecule has 0 bridgehead atoms. The Labute approximate surface area is 86.1 Å². The number of aliphatic carboxylic acids is 1. The standard InChI is InChI=1S/C8H10O4S2/c9-7(10)3-2-6-14(11,12)8-4-1-5-13-8/h1,4-5H,2-3,6H2,(H,9,10). The second-order valence-electron chi connectivity index (χ2n) is 2.75. The first kappa shape index (κ1) is 11.2. The van der Waals surface area contributed by atoms with Crippen LogP contribution in [0.15, 0.2) is 21.7 Å². The molecule has 0 spiro atoms. The first-order valence-corrected chi connectivity index (χ1v) is 6.53. The van der Waals surface area contributed by atoms with Crippen LogP contribution >= 0.6 is 11.3 Å². The van der Waals surface area contributed by atoms with Crippen molar-refractivity contribution in [3.05, 3.63) is 17.5 Å². The SMILES string of the molecule is O=C(O)CCCS(=O)(=O)c1cccs1. The molecule has 0 atom stereocenters. The number of carbonyl (C=O) groups is 1. The van der Waals surface area contributed by atoms with Gasteiger partial charge < -0.3 is 5.11 Å². The number of carboxylic acids is 1. The lowest BCUT2D eigenvalue weighted by atomic mass is 10.3. The van der Waals surface area contributed by atoms with E-state index < -0.39 is 15.8 Å². The molecular weight excluding hydrogens is 224 g/mol. The zero-order valence-corrected chi connectivity index (χ0v) is 8.97. The van der Waals surface area contributed by atoms with Crippen LogP contribution in [0.5, 0.6) is 0 Å². The molecule has 1 N–H and O–H groups in total. The third kappa shape index (κ3) is 3.12. The van der Waals surface area contributed by atoms with Crippen LogP contribution in [0.4, 0.5) is 0 Å². The van der Waals surface area contributed by atoms with Gasteiger partial charge in [-0.2, -0.15) is 0 Å². The Morgan fingerprint density at radius 1 is 1.50 bits per heavy atom. The maximum absolute atomic E-state index is 11.5. The highest BCUT2D eigenvalue weighted by Crippen LogP contribution is 2.18. The predicted octanol–water partition coefficient (Wildman–Crippen LogP) is 1.39. The molecule has 6 heteroatoms. The molecule has 0 saturated heterocycles. The Bertz CT molecular complexity index is 391. The lowest BCUT2D eigenvalue weighted by molar-refractivity contribution is -0.137. The van der Waals surface area contributed by atoms with E-state index in [0.717, 1.165) is 11.3 Å². The van der Waals surface area contributed by atoms with Gasteiger partial charge in [-0.3, -0.25) is 4.79 Å². The van der Waals surface area contributed by atoms with Crippen molar-refractivity contribution < 1.29 is 18.3 Å². The summed E-state index contributed by atoms with van der Waals surface area (Å²) in [5, 5.41) is 10.0. The number of carboxylic acid groups (broad SMARTS) is 1. The Balaban J connectivity index is 2.56. The highest BCUT2D eigenvalue weighted by Gasteiger charge is 2.15. The van der Waals surface area contributed by atoms with E-state index in [1.807, 2.05) is 0 Å². The molecule has 1 aromatic heterocycles. The lowest BCUT2D eigenvalue weighted by Gasteiger charge is -1.98. The highest BCUT2D eigenvalue weighted by molar-refractivity contribution is 7.93. The van der Waals surface area contributed by atoms with Gasteiger partial charge in [0.1, 0.15) is 4.21 Å². The quantitative estimate of drug-likeness (QED) is 0.835. The van der Waals surface area contributed by atoms with Gasteiger partial charge in [-0.15, -0.1) is 11.3 Å². The van der Waals surface area contributed by atoms with Crippen molar-refractivity contribution >= 4 is 27.1 Å². The summed E-state index contributed by atoms with van der Waals surface area (Å²) in [6.07, 6.45) is 0.0557. The number of sulfone groups is 1. The van der Waals surface area contributed by atoms with Gasteiger partial charge in [-0.25, -0.2) is 8.42 Å². The van der Waals surface area contributed by atoms with Crippen molar-refractivity contribution in [2.75, 3.05) is 5.75 Å². The molecule has 4 nitrogen and oxygen atoms in total. The van der Waals surface area contributed by atoms with Crippen LogP contribution in [0, 0.1) is 0 Å². The molecule has 1 heterocycles. The molecular formula is C8H10O4S2. The maximum atomic E-state index is 11.5. The maximum Gasteiger partial charge on any atom is 0.303 e. The zero-order chi connectivity index (χ0) is 10.6. The highest BCUT2D eigenvalue weighted by atomic mass is 32.2. The van der Waals surface area contributed by atoms with E-state index in [4.69, 9.17) is 5.11 Å². The molecule has 0 amide bonds. The van der Waals surface area contributed by atoms with Gasteiger partial charge in [0.25, 0.3) is 0 Å². The molecule has 0 aliphatic heterocycles. The van der Waals surface area contributed by atoms with Gasteiger partial charge in [0.05, 0.1) is 5.75 Å². The Hall–Kier alpha value is -0.880. The van der Waals surface area contributed by atoms with Crippen molar-refractivity contribution in [1.82, 2.24) is 0 Å². The molecule has 1 aromatic rings. The van der Waals surface area contributed by atoms with E-state index in [9.17, 15) is 13.2 Å². The van der Waals surface area contributed by atoms with Crippen molar-refractivity contribution in [1.29, 1.82) is 0 Å². The summed E-state index contributed by atoms with van der Waals surface area (Å²) in [6, 6.07) is 3.19. The number of hydrogen-bond donors (Lipinski definition) is 1. The summed E-state index contributed by atoms with van der Waals surface area (Å²) in [7, 11) is -3.26. The van der Waals surface area contributed by atoms with Gasteiger partial charge in [0.2, 0.25) is 0 Å². The van der Waals surface area contributed by atoms with E-state index in [-0.39, 0.29) is 18.6 Å². The van der Waals surface area contributed by atoms with Crippen molar-refractivity contribution in [3.8, 4) is 0 Å². The number of hydrogen-bond acceptors (Lipinski definition) is 4. The van der Waals surface area contributed by atoms with Crippen molar-refractivity contribution in [3.63, 3.8) is 0 Å². The molecule has 78 valence electrons. The third-order valence-electron chi connectivity index (χ3n) is 1.61. The fourth-order valence-corrected chi connectivity index (χ4v) is 3.42. The lowest BCUT2D eigenvalue weighted by Crippen LogP contribution is -2.07. The molecule has 0 aromatic carbocycles. The summed E-state index contributed by atoms with van der Waals surface area (Å²) in [5.74, 6) is -1.06. The number of thiophene rings is 1. The Morgan fingerprint density at radius 2 is 2.21 bits per heavy atom. The van der Waals surface area contributed by atoms with E-state index in [1.165, 1.54) is 6.07 Å². The monoisotopic (exact) mass is 234 g/mol. The molecule has 0 aliphatic rings. The summed E-state index contributed by atoms with van der Waals surface area (Å²) in [6.45, 7) is 0. The smallest absolute Gasteiger partial charge is 0.303 e. The molecule has 0 aliphatic carbocycles. The molecule has 0 unspecified atom stereocenters. The minimum atomic E-state index is -3.26. The van der Waals surface area contributed by atoms with Gasteiger partial charge in [-0.05, 0) is 17.9 Å². The summed E-state index contributed by atoms with van der Waals surface area (Å²) in [5.41, 5.74) is 0. The van der Waals surface area contributed by atoms with Crippen LogP contribution in [0.2, 0.25) is 0 Å². The van der Waals surface area contributed by atoms with Gasteiger partial charge >= 0.3 is 5.97 Å². The minimum absolute atomic E-state index is 0.0974. The molecule has 14 heavy (non-hydrogen) atoms. The van der Waals surface area contributed by atoms with Gasteiger partial charge in [-0.1, -0.05) is 6.07 Å². The van der Waals surface area contributed by atoms with Crippen LogP contribution in [0.1, 0.15) is 12.8 Å². The molecule has 0 radical (unpaired) electrons. The molecule has 1 rings (SSSR count). The van der Waals surface area contributed by atoms with E-state index >= 15 is 0 Å². The average molecular weight is 234 g/mol. The first-order valence-electron chi connectivity index (χ1n) is 4.00. The second-order valence-corrected chi connectivity index (χ2v) is 6.03. The normalized spacial score (nSPS) is 11.4.